The van der Waals surface area contributed by atoms with E-state index in [-0.39, 0.29) is 28.4 Å². The van der Waals surface area contributed by atoms with Gasteiger partial charge in [0.2, 0.25) is 0 Å². The van der Waals surface area contributed by atoms with Crippen LogP contribution in [0.2, 0.25) is 0 Å². The van der Waals surface area contributed by atoms with E-state index in [1.54, 1.807) is 6.07 Å². The summed E-state index contributed by atoms with van der Waals surface area (Å²) in [5, 5.41) is 12.2. The number of nitrogen functional groups attached to an aromatic ring is 1. The summed E-state index contributed by atoms with van der Waals surface area (Å²) in [7, 11) is 0. The van der Waals surface area contributed by atoms with Crippen LogP contribution in [-0.2, 0) is 0 Å². The monoisotopic (exact) mass is 299 g/mol. The number of aryl methyl sites for hydroxylation is 2. The molecular weight excluding hydrogens is 286 g/mol. The van der Waals surface area contributed by atoms with Crippen molar-refractivity contribution in [3.8, 4) is 11.4 Å². The molecule has 7 heteroatoms. The SMILES string of the molecule is Cc1cc(O)c(-n2c(N)c3c(cc2=O)C(=O)NC3=O)cc1C. The summed E-state index contributed by atoms with van der Waals surface area (Å²) in [5.41, 5.74) is 7.08. The number of carbonyl (C=O) groups excluding carboxylic acids is 2. The number of nitrogens with zero attached hydrogens (tertiary/aromatic N) is 1. The largest absolute Gasteiger partial charge is 0.506 e. The number of benzene rings is 1. The van der Waals surface area contributed by atoms with Gasteiger partial charge >= 0.3 is 0 Å². The molecule has 0 atom stereocenters. The minimum absolute atomic E-state index is 0.0490. The fraction of sp³-hybridized carbons (Fsp3) is 0.133. The Morgan fingerprint density at radius 2 is 1.68 bits per heavy atom. The highest BCUT2D eigenvalue weighted by Crippen LogP contribution is 2.29. The Kier molecular flexibility index (Phi) is 2.81. The zero-order valence-electron chi connectivity index (χ0n) is 11.9. The number of carbonyl (C=O) groups is 2. The fourth-order valence-electron chi connectivity index (χ4n) is 2.49. The predicted octanol–water partition coefficient (Wildman–Crippen LogP) is 0.626. The number of hydrogen-bond acceptors (Lipinski definition) is 5. The van der Waals surface area contributed by atoms with Gasteiger partial charge in [0.05, 0.1) is 16.8 Å². The van der Waals surface area contributed by atoms with E-state index in [1.807, 2.05) is 13.8 Å². The number of phenols is 1. The molecule has 0 saturated carbocycles. The molecule has 0 fully saturated rings. The summed E-state index contributed by atoms with van der Waals surface area (Å²) in [5.74, 6) is -1.62. The van der Waals surface area contributed by atoms with Crippen LogP contribution in [0, 0.1) is 13.8 Å². The second kappa shape index (κ2) is 4.45. The highest BCUT2D eigenvalue weighted by molar-refractivity contribution is 6.23. The molecule has 0 bridgehead atoms. The predicted molar refractivity (Wildman–Crippen MR) is 79.4 cm³/mol. The first kappa shape index (κ1) is 13.9. The number of anilines is 1. The second-order valence-electron chi connectivity index (χ2n) is 5.20. The second-order valence-corrected chi connectivity index (χ2v) is 5.20. The van der Waals surface area contributed by atoms with Crippen molar-refractivity contribution in [1.82, 2.24) is 9.88 Å². The van der Waals surface area contributed by atoms with E-state index in [2.05, 4.69) is 5.32 Å². The number of fused-ring (bicyclic) bond motifs is 1. The highest BCUT2D eigenvalue weighted by Gasteiger charge is 2.32. The van der Waals surface area contributed by atoms with Gasteiger partial charge in [-0.2, -0.15) is 0 Å². The lowest BCUT2D eigenvalue weighted by Gasteiger charge is -2.14. The molecule has 2 aromatic rings. The van der Waals surface area contributed by atoms with E-state index < -0.39 is 17.4 Å². The normalized spacial score (nSPS) is 13.2. The average molecular weight is 299 g/mol. The Morgan fingerprint density at radius 3 is 2.36 bits per heavy atom. The fourth-order valence-corrected chi connectivity index (χ4v) is 2.49. The lowest BCUT2D eigenvalue weighted by molar-refractivity contribution is 0.0880. The van der Waals surface area contributed by atoms with Crippen molar-refractivity contribution in [3.63, 3.8) is 0 Å². The van der Waals surface area contributed by atoms with Gasteiger partial charge < -0.3 is 10.8 Å². The number of nitrogens with one attached hydrogen (secondary N) is 1. The van der Waals surface area contributed by atoms with E-state index in [9.17, 15) is 19.5 Å². The molecule has 0 radical (unpaired) electrons. The zero-order valence-corrected chi connectivity index (χ0v) is 11.9. The van der Waals surface area contributed by atoms with Crippen molar-refractivity contribution in [3.05, 3.63) is 50.8 Å². The van der Waals surface area contributed by atoms with Gasteiger partial charge in [-0.15, -0.1) is 0 Å². The van der Waals surface area contributed by atoms with E-state index in [0.29, 0.717) is 0 Å². The Labute approximate surface area is 125 Å². The van der Waals surface area contributed by atoms with Crippen LogP contribution in [0.5, 0.6) is 5.75 Å². The topological polar surface area (TPSA) is 114 Å². The van der Waals surface area contributed by atoms with Gasteiger partial charge in [-0.3, -0.25) is 24.3 Å². The van der Waals surface area contributed by atoms with Crippen molar-refractivity contribution in [2.75, 3.05) is 5.73 Å². The molecule has 1 aromatic carbocycles. The maximum atomic E-state index is 12.3. The van der Waals surface area contributed by atoms with Crippen molar-refractivity contribution >= 4 is 17.6 Å². The third kappa shape index (κ3) is 1.79. The molecule has 2 amide bonds. The number of nitrogens with two attached hydrogens (primary N) is 1. The van der Waals surface area contributed by atoms with Crippen LogP contribution in [0.25, 0.3) is 5.69 Å². The first-order valence-corrected chi connectivity index (χ1v) is 6.53. The molecule has 1 aliphatic rings. The molecular formula is C15H13N3O4. The molecule has 112 valence electrons. The molecule has 1 aromatic heterocycles. The van der Waals surface area contributed by atoms with Gasteiger partial charge in [0, 0.05) is 6.07 Å². The number of imide groups is 1. The Hall–Kier alpha value is -3.09. The summed E-state index contributed by atoms with van der Waals surface area (Å²) in [6, 6.07) is 4.15. The summed E-state index contributed by atoms with van der Waals surface area (Å²) in [6.07, 6.45) is 0. The Bertz CT molecular complexity index is 912. The first-order chi connectivity index (χ1) is 10.3. The number of aromatic nitrogens is 1. The standard InChI is InChI=1S/C15H13N3O4/c1-6-3-9(10(19)4-7(6)2)18-11(20)5-8-12(13(18)16)15(22)17-14(8)21/h3-5,19H,16H2,1-2H3,(H,17,21,22). The maximum Gasteiger partial charge on any atom is 0.262 e. The van der Waals surface area contributed by atoms with Crippen LogP contribution >= 0.6 is 0 Å². The quantitative estimate of drug-likeness (QED) is 0.668. The molecule has 0 spiro atoms. The molecule has 0 aliphatic carbocycles. The van der Waals surface area contributed by atoms with Gasteiger partial charge in [-0.25, -0.2) is 0 Å². The van der Waals surface area contributed by atoms with Gasteiger partial charge in [0.15, 0.2) is 0 Å². The molecule has 7 nitrogen and oxygen atoms in total. The van der Waals surface area contributed by atoms with Crippen LogP contribution in [0.15, 0.2) is 23.0 Å². The number of hydrogen-bond donors (Lipinski definition) is 3. The van der Waals surface area contributed by atoms with Crippen molar-refractivity contribution in [2.24, 2.45) is 0 Å². The van der Waals surface area contributed by atoms with Crippen molar-refractivity contribution < 1.29 is 14.7 Å². The van der Waals surface area contributed by atoms with Gasteiger partial charge in [-0.05, 0) is 37.1 Å². The summed E-state index contributed by atoms with van der Waals surface area (Å²) in [4.78, 5) is 35.7. The zero-order chi connectivity index (χ0) is 16.2. The maximum absolute atomic E-state index is 12.3. The Balaban J connectivity index is 2.37. The number of rotatable bonds is 1. The minimum atomic E-state index is -0.658. The molecule has 2 heterocycles. The minimum Gasteiger partial charge on any atom is -0.506 e. The number of aromatic hydroxyl groups is 1. The van der Waals surface area contributed by atoms with E-state index in [4.69, 9.17) is 5.73 Å². The number of amides is 2. The van der Waals surface area contributed by atoms with Crippen LogP contribution in [0.4, 0.5) is 5.82 Å². The number of pyridine rings is 1. The molecule has 0 saturated heterocycles. The molecule has 4 N–H and O–H groups in total. The van der Waals surface area contributed by atoms with Gasteiger partial charge in [-0.1, -0.05) is 0 Å². The number of phenolic OH excluding ortho intramolecular Hbond substituents is 1. The van der Waals surface area contributed by atoms with E-state index in [1.165, 1.54) is 6.07 Å². The summed E-state index contributed by atoms with van der Waals surface area (Å²) < 4.78 is 1.03. The van der Waals surface area contributed by atoms with Gasteiger partial charge in [0.25, 0.3) is 17.4 Å². The van der Waals surface area contributed by atoms with Gasteiger partial charge in [0.1, 0.15) is 11.6 Å². The summed E-state index contributed by atoms with van der Waals surface area (Å²) in [6.45, 7) is 3.64. The molecule has 1 aliphatic heterocycles. The van der Waals surface area contributed by atoms with Crippen LogP contribution < -0.4 is 16.6 Å². The van der Waals surface area contributed by atoms with Crippen LogP contribution in [0.3, 0.4) is 0 Å². The van der Waals surface area contributed by atoms with Crippen molar-refractivity contribution in [1.29, 1.82) is 0 Å². The molecule has 3 rings (SSSR count). The molecule has 0 unspecified atom stereocenters. The average Bonchev–Trinajstić information content (AvgIpc) is 2.70. The third-order valence-electron chi connectivity index (χ3n) is 3.79. The summed E-state index contributed by atoms with van der Waals surface area (Å²) >= 11 is 0. The van der Waals surface area contributed by atoms with E-state index in [0.717, 1.165) is 21.8 Å². The lowest BCUT2D eigenvalue weighted by Crippen LogP contribution is -2.24. The smallest absolute Gasteiger partial charge is 0.262 e. The van der Waals surface area contributed by atoms with E-state index >= 15 is 0 Å². The first-order valence-electron chi connectivity index (χ1n) is 6.53. The third-order valence-corrected chi connectivity index (χ3v) is 3.79. The molecule has 22 heavy (non-hydrogen) atoms. The van der Waals surface area contributed by atoms with Crippen LogP contribution in [-0.4, -0.2) is 21.5 Å². The highest BCUT2D eigenvalue weighted by atomic mass is 16.3. The Morgan fingerprint density at radius 1 is 1.05 bits per heavy atom. The lowest BCUT2D eigenvalue weighted by atomic mass is 10.1. The van der Waals surface area contributed by atoms with Crippen molar-refractivity contribution in [2.45, 2.75) is 13.8 Å². The van der Waals surface area contributed by atoms with Crippen LogP contribution in [0.1, 0.15) is 31.8 Å².